The van der Waals surface area contributed by atoms with Gasteiger partial charge in [-0.3, -0.25) is 29.2 Å². The highest BCUT2D eigenvalue weighted by Gasteiger charge is 2.57. The van der Waals surface area contributed by atoms with Crippen LogP contribution in [0.2, 0.25) is 0 Å². The van der Waals surface area contributed by atoms with E-state index in [9.17, 15) is 96.2 Å². The molecule has 4 aliphatic heterocycles. The molecule has 2 spiro atoms. The summed E-state index contributed by atoms with van der Waals surface area (Å²) in [7, 11) is -4.84. The number of ether oxygens (including phenoxy) is 9. The Balaban J connectivity index is 0.000000352. The number of carbonyl (C=O) groups is 10. The Labute approximate surface area is 772 Å². The molecule has 0 radical (unpaired) electrons. The molecule has 740 valence electrons. The normalized spacial score (nSPS) is 15.7. The summed E-state index contributed by atoms with van der Waals surface area (Å²) in [6.07, 6.45) is -13.7. The zero-order chi connectivity index (χ0) is 101. The molecule has 8 amide bonds. The summed E-state index contributed by atoms with van der Waals surface area (Å²) in [6.45, 7) is 33.3. The van der Waals surface area contributed by atoms with Crippen LogP contribution in [-0.2, 0) is 102 Å². The summed E-state index contributed by atoms with van der Waals surface area (Å²) in [6, 6.07) is 14.6. The average Bonchev–Trinajstić information content (AvgIpc) is 1.59. The second-order valence-electron chi connectivity index (χ2n) is 38.1. The standard InChI is InChI=1S/C45H62F3N5O12S.C33H40F3N3O8S.C12H24N2O5/c1-29-24-31(37(55)63-41(2,3)4)13-12-30(29)14-23-66(59,60)52-18-15-44(16-19-52)38(56)53(40(58)65-43(8,9)10)36(50-44)32-25-33(45(46,47)48)27-34(26-32)62-22-21-61-20-17-49-35(54)28-51(11)39(57)64-42(5,6)7;1-20-16-22(27(41)46-30(2,3)4)9-8-21(20)10-15-48(44,45)38-13-11-32(12-14-38)28(42)39(29(43)47-31(5,6)7)26(37-32)23-17-24(33(34,35)36)19-25(40)18-23;1-12(2,3)19-11(17)14(4)9-10(16)13-5-7-18-8-6-15/h12-13,24-27H,14-23,28H2,1-11H3,(H,49,54);8-9,16-19,40H,10-15H2,1-7H3;15H,5-9H2,1-4H3,(H,13,16). The molecule has 0 aromatic heterocycles. The number of nitrogens with zero attached hydrogens (tertiary/aromatic N) is 8. The number of aliphatic hydroxyl groups is 1. The van der Waals surface area contributed by atoms with E-state index < -0.39 is 160 Å². The van der Waals surface area contributed by atoms with E-state index in [4.69, 9.17) is 47.7 Å². The first kappa shape index (κ1) is 111. The van der Waals surface area contributed by atoms with E-state index in [1.54, 1.807) is 175 Å². The summed E-state index contributed by atoms with van der Waals surface area (Å²) in [5.74, 6) is -5.93. The zero-order valence-electron chi connectivity index (χ0n) is 79.4. The number of amidine groups is 2. The Morgan fingerprint density at radius 3 is 1.14 bits per heavy atom. The number of hydrogen-bond donors (Lipinski definition) is 4. The van der Waals surface area contributed by atoms with Crippen LogP contribution in [0.1, 0.15) is 216 Å². The van der Waals surface area contributed by atoms with Gasteiger partial charge in [0.15, 0.2) is 0 Å². The average molecular weight is 1930 g/mol. The number of esters is 2. The number of phenols is 1. The number of aliphatic hydroxyl groups excluding tert-OH is 1. The fourth-order valence-electron chi connectivity index (χ4n) is 13.3. The third kappa shape index (κ3) is 34.4. The number of rotatable bonds is 28. The Hall–Kier alpha value is -10.6. The van der Waals surface area contributed by atoms with Gasteiger partial charge in [0.25, 0.3) is 11.8 Å². The highest BCUT2D eigenvalue weighted by molar-refractivity contribution is 7.89. The molecular weight excluding hydrogens is 1800 g/mol. The molecule has 43 heteroatoms. The third-order valence-electron chi connectivity index (χ3n) is 19.6. The van der Waals surface area contributed by atoms with Crippen molar-refractivity contribution in [3.8, 4) is 11.5 Å². The van der Waals surface area contributed by atoms with Gasteiger partial charge in [0.2, 0.25) is 31.9 Å². The van der Waals surface area contributed by atoms with Crippen LogP contribution in [0.3, 0.4) is 0 Å². The van der Waals surface area contributed by atoms with Crippen molar-refractivity contribution in [1.29, 1.82) is 0 Å². The number of phenolic OH excluding ortho intramolecular Hbond substituents is 1. The van der Waals surface area contributed by atoms with E-state index >= 15 is 0 Å². The summed E-state index contributed by atoms with van der Waals surface area (Å²) in [5, 5.41) is 23.7. The first-order chi connectivity index (χ1) is 61.0. The van der Waals surface area contributed by atoms with Crippen molar-refractivity contribution in [3.63, 3.8) is 0 Å². The van der Waals surface area contributed by atoms with Crippen LogP contribution < -0.4 is 15.4 Å². The highest BCUT2D eigenvalue weighted by Crippen LogP contribution is 2.43. The number of aryl methyl sites for hydroxylation is 4. The minimum atomic E-state index is -4.89. The van der Waals surface area contributed by atoms with E-state index in [1.165, 1.54) is 33.7 Å². The number of imide groups is 2. The predicted octanol–water partition coefficient (Wildman–Crippen LogP) is 11.9. The topological polar surface area (TPSA) is 431 Å². The number of alkyl halides is 6. The van der Waals surface area contributed by atoms with Crippen LogP contribution in [0.5, 0.6) is 11.5 Å². The minimum Gasteiger partial charge on any atom is -0.508 e. The molecule has 133 heavy (non-hydrogen) atoms. The molecule has 0 aliphatic carbocycles. The highest BCUT2D eigenvalue weighted by atomic mass is 32.2. The van der Waals surface area contributed by atoms with E-state index in [2.05, 4.69) is 20.6 Å². The number of halogens is 6. The molecule has 4 aromatic rings. The van der Waals surface area contributed by atoms with Gasteiger partial charge in [-0.15, -0.1) is 0 Å². The molecule has 35 nitrogen and oxygen atoms in total. The third-order valence-corrected chi connectivity index (χ3v) is 23.3. The van der Waals surface area contributed by atoms with Crippen molar-refractivity contribution in [2.45, 2.75) is 234 Å². The number of likely N-dealkylation sites (N-methyl/N-ethyl adjacent to an activating group) is 2. The number of sulfonamides is 2. The number of aromatic hydroxyl groups is 1. The largest absolute Gasteiger partial charge is 0.508 e. The maximum absolute atomic E-state index is 14.3. The lowest BCUT2D eigenvalue weighted by Gasteiger charge is -2.35. The van der Waals surface area contributed by atoms with Gasteiger partial charge in [0.1, 0.15) is 87.6 Å². The summed E-state index contributed by atoms with van der Waals surface area (Å²) in [5.41, 5.74) is -7.69. The van der Waals surface area contributed by atoms with Crippen molar-refractivity contribution < 1.29 is 144 Å². The monoisotopic (exact) mass is 1920 g/mol. The lowest BCUT2D eigenvalue weighted by Crippen LogP contribution is -2.53. The molecule has 8 rings (SSSR count). The van der Waals surface area contributed by atoms with Gasteiger partial charge in [-0.25, -0.2) is 54.2 Å². The van der Waals surface area contributed by atoms with Crippen LogP contribution in [0.25, 0.3) is 0 Å². The molecular formula is C90H126F6N10O25S2. The molecule has 0 saturated carbocycles. The number of hydrogen-bond acceptors (Lipinski definition) is 27. The summed E-state index contributed by atoms with van der Waals surface area (Å²) >= 11 is 0. The van der Waals surface area contributed by atoms with Crippen molar-refractivity contribution >= 4 is 91.7 Å². The second kappa shape index (κ2) is 44.7. The molecule has 2 saturated heterocycles. The smallest absolute Gasteiger partial charge is 0.423 e. The Kier molecular flexibility index (Phi) is 37.4. The maximum Gasteiger partial charge on any atom is 0.423 e. The Morgan fingerprint density at radius 1 is 0.459 bits per heavy atom. The fourth-order valence-corrected chi connectivity index (χ4v) is 16.3. The van der Waals surface area contributed by atoms with E-state index in [1.807, 2.05) is 0 Å². The number of aliphatic imine (C=N–C) groups is 2. The second-order valence-corrected chi connectivity index (χ2v) is 42.2. The first-order valence-corrected chi connectivity index (χ1v) is 46.1. The van der Waals surface area contributed by atoms with Gasteiger partial charge in [0, 0.05) is 64.5 Å². The van der Waals surface area contributed by atoms with Gasteiger partial charge in [-0.2, -0.15) is 36.1 Å². The predicted molar refractivity (Wildman–Crippen MR) is 477 cm³/mol. The number of carbonyl (C=O) groups excluding carboxylic acids is 10. The van der Waals surface area contributed by atoms with Crippen molar-refractivity contribution in [2.24, 2.45) is 9.98 Å². The summed E-state index contributed by atoms with van der Waals surface area (Å²) in [4.78, 5) is 140. The van der Waals surface area contributed by atoms with Crippen LogP contribution >= 0.6 is 0 Å². The lowest BCUT2D eigenvalue weighted by atomic mass is 9.88. The molecule has 4 heterocycles. The molecule has 4 N–H and O–H groups in total. The number of piperidine rings is 2. The summed E-state index contributed by atoms with van der Waals surface area (Å²) < 4.78 is 188. The lowest BCUT2D eigenvalue weighted by molar-refractivity contribution is -0.138. The van der Waals surface area contributed by atoms with Crippen LogP contribution in [0, 0.1) is 13.8 Å². The molecule has 4 aliphatic rings. The van der Waals surface area contributed by atoms with Crippen LogP contribution in [0.4, 0.5) is 45.5 Å². The van der Waals surface area contributed by atoms with Gasteiger partial charge >= 0.3 is 48.7 Å². The van der Waals surface area contributed by atoms with Crippen molar-refractivity contribution in [2.75, 3.05) is 118 Å². The maximum atomic E-state index is 14.3. The van der Waals surface area contributed by atoms with E-state index in [-0.39, 0.29) is 152 Å². The minimum absolute atomic E-state index is 0.00844. The van der Waals surface area contributed by atoms with Gasteiger partial charge in [0.05, 0.1) is 66.8 Å². The van der Waals surface area contributed by atoms with Crippen molar-refractivity contribution in [3.05, 3.63) is 128 Å². The molecule has 0 atom stereocenters. The number of nitrogens with one attached hydrogen (secondary N) is 2. The SMILES string of the molecule is CN(CC(=O)NCCOCCO)C(=O)OC(C)(C)C.Cc1cc(C(=O)OC(C)(C)C)ccc1CCS(=O)(=O)N1CCC2(CC1)N=C(c1cc(O)cc(C(F)(F)F)c1)N(C(=O)OC(C)(C)C)C2=O.Cc1cc(C(=O)OC(C)(C)C)ccc1CCS(=O)(=O)N1CCC2(CC1)N=C(c1cc(OCCOCCNC(=O)CN(C)C(=O)OC(C)(C)C)cc(C(F)(F)F)c1)N(C(=O)OC(C)(C)C)C2=O. The van der Waals surface area contributed by atoms with Crippen molar-refractivity contribution in [1.82, 2.24) is 38.8 Å². The quantitative estimate of drug-likeness (QED) is 0.0178. The fraction of sp³-hybridized carbons (Fsp3) is 0.600. The van der Waals surface area contributed by atoms with Gasteiger partial charge < -0.3 is 73.3 Å². The van der Waals surface area contributed by atoms with Gasteiger partial charge in [-0.1, -0.05) is 12.1 Å². The molecule has 2 fully saturated rings. The van der Waals surface area contributed by atoms with E-state index in [0.717, 1.165) is 28.7 Å². The Morgan fingerprint density at radius 2 is 0.805 bits per heavy atom. The van der Waals surface area contributed by atoms with Gasteiger partial charge in [-0.05, 0) is 260 Å². The number of benzene rings is 4. The van der Waals surface area contributed by atoms with Crippen LogP contribution in [-0.4, -0.2) is 289 Å². The number of amides is 8. The van der Waals surface area contributed by atoms with E-state index in [0.29, 0.717) is 62.9 Å². The van der Waals surface area contributed by atoms with Crippen LogP contribution in [0.15, 0.2) is 82.8 Å². The zero-order valence-corrected chi connectivity index (χ0v) is 81.1. The Bertz CT molecular complexity index is 5160. The molecule has 0 bridgehead atoms. The molecule has 4 aromatic carbocycles. The molecule has 0 unspecified atom stereocenters. The first-order valence-electron chi connectivity index (χ1n) is 42.9.